The first-order valence-electron chi connectivity index (χ1n) is 10.5. The maximum absolute atomic E-state index is 11.3. The summed E-state index contributed by atoms with van der Waals surface area (Å²) in [4.78, 5) is 18.1. The summed E-state index contributed by atoms with van der Waals surface area (Å²) in [5, 5.41) is 9.26. The molecule has 0 aliphatic heterocycles. The number of aromatic nitrogens is 1. The van der Waals surface area contributed by atoms with Crippen LogP contribution in [0, 0.1) is 0 Å². The van der Waals surface area contributed by atoms with Crippen LogP contribution in [0.15, 0.2) is 52.9 Å². The molecule has 0 aliphatic carbocycles. The highest BCUT2D eigenvalue weighted by molar-refractivity contribution is 5.76. The van der Waals surface area contributed by atoms with Gasteiger partial charge in [-0.2, -0.15) is 4.98 Å². The average molecular weight is 411 g/mol. The Balaban J connectivity index is 1.63. The van der Waals surface area contributed by atoms with E-state index in [0.717, 1.165) is 55.4 Å². The van der Waals surface area contributed by atoms with Crippen LogP contribution in [0.25, 0.3) is 11.1 Å². The summed E-state index contributed by atoms with van der Waals surface area (Å²) in [6.45, 7) is 7.01. The molecular weight excluding hydrogens is 380 g/mol. The summed E-state index contributed by atoms with van der Waals surface area (Å²) < 4.78 is 11.6. The lowest BCUT2D eigenvalue weighted by atomic mass is 10.1. The van der Waals surface area contributed by atoms with Gasteiger partial charge in [-0.05, 0) is 62.9 Å². The van der Waals surface area contributed by atoms with Gasteiger partial charge in [-0.1, -0.05) is 37.6 Å². The van der Waals surface area contributed by atoms with Crippen molar-refractivity contribution in [2.24, 2.45) is 0 Å². The number of aryl methyl sites for hydroxylation is 1. The topological polar surface area (TPSA) is 75.8 Å². The van der Waals surface area contributed by atoms with E-state index >= 15 is 0 Å². The molecule has 0 amide bonds. The Morgan fingerprint density at radius 3 is 2.63 bits per heavy atom. The molecule has 30 heavy (non-hydrogen) atoms. The summed E-state index contributed by atoms with van der Waals surface area (Å²) in [6.07, 6.45) is 3.96. The number of rotatable bonds is 11. The first-order valence-corrected chi connectivity index (χ1v) is 10.5. The van der Waals surface area contributed by atoms with E-state index in [2.05, 4.69) is 16.8 Å². The molecule has 0 unspecified atom stereocenters. The van der Waals surface area contributed by atoms with E-state index in [1.807, 2.05) is 42.5 Å². The first-order chi connectivity index (χ1) is 14.4. The van der Waals surface area contributed by atoms with Gasteiger partial charge in [-0.3, -0.25) is 0 Å². The Kier molecular flexibility index (Phi) is 6.98. The number of nitrogens with zero attached hydrogens (tertiary/aromatic N) is 2. The third-order valence-corrected chi connectivity index (χ3v) is 5.01. The number of para-hydroxylation sites is 2. The van der Waals surface area contributed by atoms with Crippen molar-refractivity contribution in [1.82, 2.24) is 4.98 Å². The molecule has 0 bridgehead atoms. The SMILES string of the molecule is CCCCN(CCCc1cccc(OC(C)(C)C(=O)O)c1)c1nc2ccccc2o1. The van der Waals surface area contributed by atoms with Crippen molar-refractivity contribution in [3.63, 3.8) is 0 Å². The van der Waals surface area contributed by atoms with Gasteiger partial charge < -0.3 is 19.2 Å². The van der Waals surface area contributed by atoms with Crippen LogP contribution in [-0.2, 0) is 11.2 Å². The molecule has 2 aromatic carbocycles. The molecule has 0 spiro atoms. The number of carbonyl (C=O) groups is 1. The lowest BCUT2D eigenvalue weighted by molar-refractivity contribution is -0.152. The molecule has 1 aromatic heterocycles. The molecule has 160 valence electrons. The molecule has 0 saturated carbocycles. The van der Waals surface area contributed by atoms with E-state index in [-0.39, 0.29) is 0 Å². The number of fused-ring (bicyclic) bond motifs is 1. The number of unbranched alkanes of at least 4 members (excludes halogenated alkanes) is 1. The molecule has 0 saturated heterocycles. The fourth-order valence-electron chi connectivity index (χ4n) is 3.22. The van der Waals surface area contributed by atoms with Gasteiger partial charge in [-0.15, -0.1) is 0 Å². The zero-order chi connectivity index (χ0) is 21.6. The fourth-order valence-corrected chi connectivity index (χ4v) is 3.22. The summed E-state index contributed by atoms with van der Waals surface area (Å²) in [5.41, 5.74) is 1.53. The number of benzene rings is 2. The average Bonchev–Trinajstić information content (AvgIpc) is 3.14. The Bertz CT molecular complexity index is 947. The number of carboxylic acid groups (broad SMARTS) is 1. The Labute approximate surface area is 177 Å². The summed E-state index contributed by atoms with van der Waals surface area (Å²) >= 11 is 0. The van der Waals surface area contributed by atoms with Crippen molar-refractivity contribution in [1.29, 1.82) is 0 Å². The monoisotopic (exact) mass is 410 g/mol. The maximum atomic E-state index is 11.3. The zero-order valence-corrected chi connectivity index (χ0v) is 17.9. The summed E-state index contributed by atoms with van der Waals surface area (Å²) in [7, 11) is 0. The van der Waals surface area contributed by atoms with Gasteiger partial charge in [0.05, 0.1) is 0 Å². The van der Waals surface area contributed by atoms with Crippen LogP contribution in [-0.4, -0.2) is 34.8 Å². The molecule has 6 heteroatoms. The lowest BCUT2D eigenvalue weighted by Crippen LogP contribution is -2.37. The molecule has 3 rings (SSSR count). The molecule has 3 aromatic rings. The standard InChI is InChI=1S/C24H30N2O4/c1-4-5-15-26(23-25-20-13-6-7-14-21(20)29-23)16-9-11-18-10-8-12-19(17-18)30-24(2,3)22(27)28/h6-8,10,12-14,17H,4-5,9,11,15-16H2,1-3H3,(H,27,28). The van der Waals surface area contributed by atoms with Crippen molar-refractivity contribution in [2.45, 2.75) is 52.1 Å². The van der Waals surface area contributed by atoms with Crippen molar-refractivity contribution in [3.8, 4) is 5.75 Å². The molecule has 6 nitrogen and oxygen atoms in total. The van der Waals surface area contributed by atoms with Gasteiger partial charge in [0.1, 0.15) is 11.3 Å². The maximum Gasteiger partial charge on any atom is 0.347 e. The van der Waals surface area contributed by atoms with Crippen molar-refractivity contribution in [2.75, 3.05) is 18.0 Å². The second kappa shape index (κ2) is 9.65. The van der Waals surface area contributed by atoms with Crippen LogP contribution in [0.5, 0.6) is 5.75 Å². The van der Waals surface area contributed by atoms with Gasteiger partial charge in [0.25, 0.3) is 6.01 Å². The summed E-state index contributed by atoms with van der Waals surface area (Å²) in [5.74, 6) is -0.417. The number of anilines is 1. The third kappa shape index (κ3) is 5.53. The van der Waals surface area contributed by atoms with E-state index in [1.54, 1.807) is 19.9 Å². The Morgan fingerprint density at radius 2 is 1.90 bits per heavy atom. The highest BCUT2D eigenvalue weighted by Gasteiger charge is 2.29. The normalized spacial score (nSPS) is 11.6. The second-order valence-electron chi connectivity index (χ2n) is 7.97. The van der Waals surface area contributed by atoms with Crippen molar-refractivity contribution < 1.29 is 19.1 Å². The predicted molar refractivity (Wildman–Crippen MR) is 118 cm³/mol. The quantitative estimate of drug-likeness (QED) is 0.462. The molecule has 1 N–H and O–H groups in total. The largest absolute Gasteiger partial charge is 0.478 e. The molecule has 0 atom stereocenters. The predicted octanol–water partition coefficient (Wildman–Crippen LogP) is 5.31. The van der Waals surface area contributed by atoms with Gasteiger partial charge in [-0.25, -0.2) is 4.79 Å². The van der Waals surface area contributed by atoms with E-state index in [0.29, 0.717) is 11.8 Å². The minimum atomic E-state index is -1.26. The Morgan fingerprint density at radius 1 is 1.13 bits per heavy atom. The lowest BCUT2D eigenvalue weighted by Gasteiger charge is -2.22. The second-order valence-corrected chi connectivity index (χ2v) is 7.97. The van der Waals surface area contributed by atoms with Crippen molar-refractivity contribution in [3.05, 3.63) is 54.1 Å². The van der Waals surface area contributed by atoms with Crippen LogP contribution < -0.4 is 9.64 Å². The van der Waals surface area contributed by atoms with Gasteiger partial charge >= 0.3 is 5.97 Å². The zero-order valence-electron chi connectivity index (χ0n) is 17.9. The minimum absolute atomic E-state index is 0.571. The molecule has 0 fully saturated rings. The number of oxazole rings is 1. The van der Waals surface area contributed by atoms with Gasteiger partial charge in [0.2, 0.25) is 0 Å². The van der Waals surface area contributed by atoms with Crippen LogP contribution in [0.4, 0.5) is 6.01 Å². The van der Waals surface area contributed by atoms with Crippen LogP contribution in [0.3, 0.4) is 0 Å². The smallest absolute Gasteiger partial charge is 0.347 e. The highest BCUT2D eigenvalue weighted by Crippen LogP contribution is 2.24. The summed E-state index contributed by atoms with van der Waals surface area (Å²) in [6, 6.07) is 16.1. The first kappa shape index (κ1) is 21.7. The van der Waals surface area contributed by atoms with Crippen LogP contribution >= 0.6 is 0 Å². The van der Waals surface area contributed by atoms with Gasteiger partial charge in [0.15, 0.2) is 11.2 Å². The van der Waals surface area contributed by atoms with E-state index in [9.17, 15) is 9.90 Å². The van der Waals surface area contributed by atoms with E-state index in [1.165, 1.54) is 0 Å². The number of ether oxygens (including phenoxy) is 1. The van der Waals surface area contributed by atoms with Gasteiger partial charge in [0, 0.05) is 13.1 Å². The van der Waals surface area contributed by atoms with Crippen LogP contribution in [0.1, 0.15) is 45.6 Å². The number of hydrogen-bond acceptors (Lipinski definition) is 5. The molecule has 0 radical (unpaired) electrons. The van der Waals surface area contributed by atoms with Crippen LogP contribution in [0.2, 0.25) is 0 Å². The molecular formula is C24H30N2O4. The van der Waals surface area contributed by atoms with Crippen molar-refractivity contribution >= 4 is 23.1 Å². The van der Waals surface area contributed by atoms with E-state index < -0.39 is 11.6 Å². The molecule has 1 heterocycles. The third-order valence-electron chi connectivity index (χ3n) is 5.01. The fraction of sp³-hybridized carbons (Fsp3) is 0.417. The van der Waals surface area contributed by atoms with E-state index in [4.69, 9.17) is 9.15 Å². The minimum Gasteiger partial charge on any atom is -0.478 e. The molecule has 0 aliphatic rings. The number of carboxylic acids is 1. The Hall–Kier alpha value is -3.02. The number of hydrogen-bond donors (Lipinski definition) is 1. The number of aliphatic carboxylic acids is 1. The highest BCUT2D eigenvalue weighted by atomic mass is 16.5.